The Labute approximate surface area is 116 Å². The lowest BCUT2D eigenvalue weighted by Crippen LogP contribution is -2.04. The van der Waals surface area contributed by atoms with Crippen molar-refractivity contribution in [3.8, 4) is 0 Å². The van der Waals surface area contributed by atoms with Gasteiger partial charge in [-0.05, 0) is 18.2 Å². The van der Waals surface area contributed by atoms with E-state index in [2.05, 4.69) is 15.2 Å². The summed E-state index contributed by atoms with van der Waals surface area (Å²) in [5.74, 6) is -0.449. The van der Waals surface area contributed by atoms with Gasteiger partial charge in [0.05, 0.1) is 23.9 Å². The number of esters is 1. The molecule has 0 aliphatic carbocycles. The van der Waals surface area contributed by atoms with Crippen molar-refractivity contribution in [2.24, 2.45) is 7.05 Å². The summed E-state index contributed by atoms with van der Waals surface area (Å²) in [5, 5.41) is 7.66. The Balaban J connectivity index is 2.10. The molecule has 1 heterocycles. The molecule has 0 aliphatic heterocycles. The molecule has 2 aromatic rings. The van der Waals surface area contributed by atoms with Crippen LogP contribution in [-0.4, -0.2) is 22.9 Å². The van der Waals surface area contributed by atoms with E-state index < -0.39 is 5.97 Å². The van der Waals surface area contributed by atoms with Crippen molar-refractivity contribution in [3.63, 3.8) is 0 Å². The first kappa shape index (κ1) is 13.4. The van der Waals surface area contributed by atoms with Crippen molar-refractivity contribution in [3.05, 3.63) is 46.7 Å². The highest BCUT2D eigenvalue weighted by Crippen LogP contribution is 2.21. The highest BCUT2D eigenvalue weighted by Gasteiger charge is 2.11. The summed E-state index contributed by atoms with van der Waals surface area (Å²) in [4.78, 5) is 11.5. The summed E-state index contributed by atoms with van der Waals surface area (Å²) in [6.07, 6.45) is 3.70. The molecule has 0 amide bonds. The Kier molecular flexibility index (Phi) is 4.06. The number of hydrogen-bond donors (Lipinski definition) is 1. The maximum Gasteiger partial charge on any atom is 0.339 e. The minimum absolute atomic E-state index is 0.348. The third-order valence-corrected chi connectivity index (χ3v) is 2.96. The van der Waals surface area contributed by atoms with Crippen molar-refractivity contribution >= 4 is 23.3 Å². The van der Waals surface area contributed by atoms with E-state index in [4.69, 9.17) is 11.6 Å². The second-order valence-electron chi connectivity index (χ2n) is 4.06. The van der Waals surface area contributed by atoms with Gasteiger partial charge in [-0.3, -0.25) is 4.68 Å². The van der Waals surface area contributed by atoms with Gasteiger partial charge in [0.2, 0.25) is 0 Å². The molecule has 2 rings (SSSR count). The average Bonchev–Trinajstić information content (AvgIpc) is 2.83. The normalized spacial score (nSPS) is 10.3. The van der Waals surface area contributed by atoms with Crippen LogP contribution in [0.1, 0.15) is 15.9 Å². The third-order valence-electron chi connectivity index (χ3n) is 2.63. The van der Waals surface area contributed by atoms with Gasteiger partial charge in [0, 0.05) is 31.0 Å². The zero-order valence-corrected chi connectivity index (χ0v) is 11.4. The maximum atomic E-state index is 11.5. The van der Waals surface area contributed by atoms with Gasteiger partial charge in [-0.15, -0.1) is 0 Å². The summed E-state index contributed by atoms with van der Waals surface area (Å²) < 4.78 is 6.41. The van der Waals surface area contributed by atoms with Gasteiger partial charge in [-0.2, -0.15) is 5.10 Å². The minimum atomic E-state index is -0.449. The molecule has 0 aliphatic rings. The van der Waals surface area contributed by atoms with Crippen molar-refractivity contribution in [2.45, 2.75) is 6.54 Å². The van der Waals surface area contributed by atoms with Crippen LogP contribution in [0, 0.1) is 0 Å². The lowest BCUT2D eigenvalue weighted by molar-refractivity contribution is 0.0601. The molecule has 0 saturated carbocycles. The van der Waals surface area contributed by atoms with Gasteiger partial charge < -0.3 is 10.1 Å². The monoisotopic (exact) mass is 279 g/mol. The highest BCUT2D eigenvalue weighted by molar-refractivity contribution is 6.33. The molecule has 0 fully saturated rings. The molecule has 0 saturated heterocycles. The van der Waals surface area contributed by atoms with Crippen LogP contribution < -0.4 is 5.32 Å². The zero-order valence-electron chi connectivity index (χ0n) is 10.7. The first-order chi connectivity index (χ1) is 9.10. The van der Waals surface area contributed by atoms with Crippen molar-refractivity contribution in [1.82, 2.24) is 9.78 Å². The Morgan fingerprint density at radius 2 is 2.32 bits per heavy atom. The van der Waals surface area contributed by atoms with Crippen LogP contribution in [0.2, 0.25) is 5.02 Å². The molecule has 19 heavy (non-hydrogen) atoms. The summed E-state index contributed by atoms with van der Waals surface area (Å²) in [7, 11) is 3.19. The van der Waals surface area contributed by atoms with Gasteiger partial charge in [-0.1, -0.05) is 11.6 Å². The number of rotatable bonds is 4. The lowest BCUT2D eigenvalue weighted by atomic mass is 10.2. The van der Waals surface area contributed by atoms with Crippen LogP contribution in [0.25, 0.3) is 0 Å². The van der Waals surface area contributed by atoms with Crippen molar-refractivity contribution in [1.29, 1.82) is 0 Å². The molecule has 5 nitrogen and oxygen atoms in total. The van der Waals surface area contributed by atoms with Crippen molar-refractivity contribution < 1.29 is 9.53 Å². The van der Waals surface area contributed by atoms with Crippen LogP contribution >= 0.6 is 11.6 Å². The molecule has 1 aromatic heterocycles. The number of anilines is 1. The topological polar surface area (TPSA) is 56.1 Å². The number of nitrogens with one attached hydrogen (secondary N) is 1. The van der Waals surface area contributed by atoms with E-state index in [0.29, 0.717) is 17.1 Å². The van der Waals surface area contributed by atoms with Gasteiger partial charge >= 0.3 is 5.97 Å². The number of hydrogen-bond acceptors (Lipinski definition) is 4. The second-order valence-corrected chi connectivity index (χ2v) is 4.47. The fourth-order valence-corrected chi connectivity index (χ4v) is 1.86. The largest absolute Gasteiger partial charge is 0.465 e. The fourth-order valence-electron chi connectivity index (χ4n) is 1.67. The quantitative estimate of drug-likeness (QED) is 0.874. The standard InChI is InChI=1S/C13H14ClN3O2/c1-17-8-9(7-16-17)6-15-10-3-4-12(14)11(5-10)13(18)19-2/h3-5,7-8,15H,6H2,1-2H3. The molecule has 0 atom stereocenters. The number of methoxy groups -OCH3 is 1. The van der Waals surface area contributed by atoms with Crippen LogP contribution in [0.5, 0.6) is 0 Å². The maximum absolute atomic E-state index is 11.5. The summed E-state index contributed by atoms with van der Waals surface area (Å²) in [6.45, 7) is 0.621. The zero-order chi connectivity index (χ0) is 13.8. The van der Waals surface area contributed by atoms with E-state index in [1.54, 1.807) is 23.0 Å². The lowest BCUT2D eigenvalue weighted by Gasteiger charge is -2.08. The number of halogens is 1. The Hall–Kier alpha value is -2.01. The molecule has 0 radical (unpaired) electrons. The molecule has 1 N–H and O–H groups in total. The number of carbonyl (C=O) groups excluding carboxylic acids is 1. The first-order valence-electron chi connectivity index (χ1n) is 5.69. The predicted molar refractivity (Wildman–Crippen MR) is 73.3 cm³/mol. The van der Waals surface area contributed by atoms with Crippen LogP contribution in [0.15, 0.2) is 30.6 Å². The highest BCUT2D eigenvalue weighted by atomic mass is 35.5. The number of ether oxygens (including phenoxy) is 1. The van der Waals surface area contributed by atoms with E-state index in [1.807, 2.05) is 19.3 Å². The molecule has 0 unspecified atom stereocenters. The van der Waals surface area contributed by atoms with Gasteiger partial charge in [-0.25, -0.2) is 4.79 Å². The van der Waals surface area contributed by atoms with Crippen LogP contribution in [0.3, 0.4) is 0 Å². The van der Waals surface area contributed by atoms with E-state index >= 15 is 0 Å². The van der Waals surface area contributed by atoms with E-state index in [9.17, 15) is 4.79 Å². The number of carbonyl (C=O) groups is 1. The Morgan fingerprint density at radius 3 is 2.95 bits per heavy atom. The number of benzene rings is 1. The molecule has 100 valence electrons. The number of aromatic nitrogens is 2. The van der Waals surface area contributed by atoms with E-state index in [1.165, 1.54) is 7.11 Å². The van der Waals surface area contributed by atoms with Gasteiger partial charge in [0.15, 0.2) is 0 Å². The molecule has 1 aromatic carbocycles. The van der Waals surface area contributed by atoms with Gasteiger partial charge in [0.1, 0.15) is 0 Å². The molecular formula is C13H14ClN3O2. The molecule has 6 heteroatoms. The Morgan fingerprint density at radius 1 is 1.53 bits per heavy atom. The van der Waals surface area contributed by atoms with Crippen LogP contribution in [-0.2, 0) is 18.3 Å². The number of nitrogens with zero attached hydrogens (tertiary/aromatic N) is 2. The summed E-state index contributed by atoms with van der Waals surface area (Å²) in [5.41, 5.74) is 2.20. The summed E-state index contributed by atoms with van der Waals surface area (Å²) in [6, 6.07) is 5.15. The third kappa shape index (κ3) is 3.26. The number of aryl methyl sites for hydroxylation is 1. The average molecular weight is 280 g/mol. The fraction of sp³-hybridized carbons (Fsp3) is 0.231. The first-order valence-corrected chi connectivity index (χ1v) is 6.07. The summed E-state index contributed by atoms with van der Waals surface area (Å²) >= 11 is 5.95. The predicted octanol–water partition coefficient (Wildman–Crippen LogP) is 2.47. The Bertz CT molecular complexity index is 595. The smallest absolute Gasteiger partial charge is 0.339 e. The van der Waals surface area contributed by atoms with Crippen LogP contribution in [0.4, 0.5) is 5.69 Å². The molecule has 0 spiro atoms. The molecule has 0 bridgehead atoms. The van der Waals surface area contributed by atoms with E-state index in [-0.39, 0.29) is 0 Å². The van der Waals surface area contributed by atoms with Gasteiger partial charge in [0.25, 0.3) is 0 Å². The molecular weight excluding hydrogens is 266 g/mol. The minimum Gasteiger partial charge on any atom is -0.465 e. The van der Waals surface area contributed by atoms with Crippen molar-refractivity contribution in [2.75, 3.05) is 12.4 Å². The SMILES string of the molecule is COC(=O)c1cc(NCc2cnn(C)c2)ccc1Cl. The van der Waals surface area contributed by atoms with E-state index in [0.717, 1.165) is 11.3 Å². The second kappa shape index (κ2) is 5.75.